The van der Waals surface area contributed by atoms with Crippen LogP contribution in [0.1, 0.15) is 5.69 Å². The van der Waals surface area contributed by atoms with Crippen molar-refractivity contribution < 1.29 is 4.74 Å². The minimum absolute atomic E-state index is 0.465. The Bertz CT molecular complexity index is 540. The quantitative estimate of drug-likeness (QED) is 0.893. The van der Waals surface area contributed by atoms with Gasteiger partial charge in [0.1, 0.15) is 12.4 Å². The summed E-state index contributed by atoms with van der Waals surface area (Å²) in [6.07, 6.45) is 1.78. The van der Waals surface area contributed by atoms with Crippen molar-refractivity contribution >= 4 is 11.4 Å². The first kappa shape index (κ1) is 13.2. The average Bonchev–Trinajstić information content (AvgIpc) is 2.45. The zero-order valence-electron chi connectivity index (χ0n) is 11.6. The summed E-state index contributed by atoms with van der Waals surface area (Å²) >= 11 is 0. The van der Waals surface area contributed by atoms with E-state index in [-0.39, 0.29) is 0 Å². The van der Waals surface area contributed by atoms with E-state index < -0.39 is 0 Å². The van der Waals surface area contributed by atoms with Crippen LogP contribution in [0, 0.1) is 0 Å². The fraction of sp³-hybridized carbons (Fsp3) is 0.267. The Morgan fingerprint density at radius 2 is 2.05 bits per heavy atom. The van der Waals surface area contributed by atoms with E-state index in [0.717, 1.165) is 22.8 Å². The van der Waals surface area contributed by atoms with Crippen molar-refractivity contribution in [3.05, 3.63) is 48.3 Å². The summed E-state index contributed by atoms with van der Waals surface area (Å²) in [5, 5.41) is 3.09. The molecule has 2 rings (SSSR count). The number of nitrogens with zero attached hydrogens (tertiary/aromatic N) is 2. The van der Waals surface area contributed by atoms with E-state index in [1.54, 1.807) is 6.20 Å². The fourth-order valence-corrected chi connectivity index (χ4v) is 1.72. The number of ether oxygens (including phenoxy) is 1. The maximum absolute atomic E-state index is 5.77. The highest BCUT2D eigenvalue weighted by molar-refractivity contribution is 5.49. The molecule has 0 radical (unpaired) electrons. The third kappa shape index (κ3) is 3.61. The first-order chi connectivity index (χ1) is 9.19. The van der Waals surface area contributed by atoms with E-state index >= 15 is 0 Å². The lowest BCUT2D eigenvalue weighted by Crippen LogP contribution is -2.08. The van der Waals surface area contributed by atoms with Gasteiger partial charge in [-0.25, -0.2) is 0 Å². The lowest BCUT2D eigenvalue weighted by molar-refractivity contribution is 0.301. The second kappa shape index (κ2) is 6.09. The highest BCUT2D eigenvalue weighted by Crippen LogP contribution is 2.20. The van der Waals surface area contributed by atoms with Gasteiger partial charge in [0.25, 0.3) is 0 Å². The van der Waals surface area contributed by atoms with E-state index in [1.165, 1.54) is 0 Å². The van der Waals surface area contributed by atoms with Crippen LogP contribution >= 0.6 is 0 Å². The van der Waals surface area contributed by atoms with Crippen LogP contribution in [0.3, 0.4) is 0 Å². The van der Waals surface area contributed by atoms with Gasteiger partial charge in [0, 0.05) is 44.8 Å². The number of hydrogen-bond acceptors (Lipinski definition) is 4. The molecule has 1 N–H and O–H groups in total. The minimum atomic E-state index is 0.465. The van der Waals surface area contributed by atoms with Crippen molar-refractivity contribution in [3.8, 4) is 5.75 Å². The smallest absolute Gasteiger partial charge is 0.130 e. The maximum atomic E-state index is 5.77. The second-order valence-corrected chi connectivity index (χ2v) is 4.47. The van der Waals surface area contributed by atoms with Gasteiger partial charge in [0.15, 0.2) is 0 Å². The molecule has 2 aromatic rings. The van der Waals surface area contributed by atoms with Crippen molar-refractivity contribution in [3.63, 3.8) is 0 Å². The Morgan fingerprint density at radius 1 is 1.21 bits per heavy atom. The summed E-state index contributed by atoms with van der Waals surface area (Å²) in [4.78, 5) is 6.33. The summed E-state index contributed by atoms with van der Waals surface area (Å²) in [6, 6.07) is 11.9. The van der Waals surface area contributed by atoms with Crippen LogP contribution in [0.5, 0.6) is 5.75 Å². The number of hydrogen-bond donors (Lipinski definition) is 1. The molecular formula is C15H19N3O. The SMILES string of the molecule is CNc1ccnc(COc2cccc(N(C)C)c2)c1. The molecule has 0 spiro atoms. The van der Waals surface area contributed by atoms with E-state index in [4.69, 9.17) is 4.74 Å². The molecule has 0 aliphatic heterocycles. The summed E-state index contributed by atoms with van der Waals surface area (Å²) in [6.45, 7) is 0.465. The molecule has 1 aromatic carbocycles. The topological polar surface area (TPSA) is 37.4 Å². The van der Waals surface area contributed by atoms with E-state index in [2.05, 4.69) is 10.3 Å². The molecule has 100 valence electrons. The maximum Gasteiger partial charge on any atom is 0.130 e. The molecule has 0 saturated carbocycles. The number of nitrogens with one attached hydrogen (secondary N) is 1. The number of rotatable bonds is 5. The Morgan fingerprint density at radius 3 is 2.79 bits per heavy atom. The van der Waals surface area contributed by atoms with E-state index in [0.29, 0.717) is 6.61 Å². The van der Waals surface area contributed by atoms with Gasteiger partial charge in [-0.3, -0.25) is 4.98 Å². The Labute approximate surface area is 114 Å². The van der Waals surface area contributed by atoms with Gasteiger partial charge in [-0.1, -0.05) is 6.07 Å². The first-order valence-electron chi connectivity index (χ1n) is 6.22. The molecule has 1 aromatic heterocycles. The largest absolute Gasteiger partial charge is 0.487 e. The highest BCUT2D eigenvalue weighted by Gasteiger charge is 2.01. The van der Waals surface area contributed by atoms with Crippen LogP contribution in [0.2, 0.25) is 0 Å². The van der Waals surface area contributed by atoms with Gasteiger partial charge < -0.3 is 15.0 Å². The minimum Gasteiger partial charge on any atom is -0.487 e. The average molecular weight is 257 g/mol. The normalized spacial score (nSPS) is 10.1. The molecule has 0 saturated heterocycles. The number of benzene rings is 1. The second-order valence-electron chi connectivity index (χ2n) is 4.47. The van der Waals surface area contributed by atoms with Crippen LogP contribution in [0.4, 0.5) is 11.4 Å². The van der Waals surface area contributed by atoms with E-state index in [9.17, 15) is 0 Å². The monoisotopic (exact) mass is 257 g/mol. The van der Waals surface area contributed by atoms with Gasteiger partial charge in [-0.2, -0.15) is 0 Å². The molecular weight excluding hydrogens is 238 g/mol. The molecule has 0 aliphatic rings. The molecule has 0 atom stereocenters. The molecule has 1 heterocycles. The van der Waals surface area contributed by atoms with Crippen molar-refractivity contribution in [1.29, 1.82) is 0 Å². The summed E-state index contributed by atoms with van der Waals surface area (Å²) in [7, 11) is 5.91. The number of pyridine rings is 1. The van der Waals surface area contributed by atoms with Gasteiger partial charge >= 0.3 is 0 Å². The van der Waals surface area contributed by atoms with Crippen molar-refractivity contribution in [2.45, 2.75) is 6.61 Å². The van der Waals surface area contributed by atoms with Gasteiger partial charge in [0.2, 0.25) is 0 Å². The van der Waals surface area contributed by atoms with E-state index in [1.807, 2.05) is 62.4 Å². The Balaban J connectivity index is 2.03. The van der Waals surface area contributed by atoms with Crippen molar-refractivity contribution in [2.24, 2.45) is 0 Å². The molecule has 0 unspecified atom stereocenters. The third-order valence-corrected chi connectivity index (χ3v) is 2.83. The summed E-state index contributed by atoms with van der Waals surface area (Å²) in [5.74, 6) is 0.850. The van der Waals surface area contributed by atoms with Gasteiger partial charge in [-0.05, 0) is 24.3 Å². The Kier molecular flexibility index (Phi) is 4.23. The Hall–Kier alpha value is -2.23. The van der Waals surface area contributed by atoms with Crippen LogP contribution in [0.25, 0.3) is 0 Å². The summed E-state index contributed by atoms with van der Waals surface area (Å²) in [5.41, 5.74) is 3.06. The molecule has 0 aliphatic carbocycles. The van der Waals surface area contributed by atoms with Crippen LogP contribution < -0.4 is 15.0 Å². The number of anilines is 2. The van der Waals surface area contributed by atoms with Gasteiger partial charge in [0.05, 0.1) is 5.69 Å². The lowest BCUT2D eigenvalue weighted by atomic mass is 10.3. The molecule has 0 amide bonds. The first-order valence-corrected chi connectivity index (χ1v) is 6.22. The predicted octanol–water partition coefficient (Wildman–Crippen LogP) is 2.77. The van der Waals surface area contributed by atoms with Gasteiger partial charge in [-0.15, -0.1) is 0 Å². The third-order valence-electron chi connectivity index (χ3n) is 2.83. The predicted molar refractivity (Wildman–Crippen MR) is 78.9 cm³/mol. The van der Waals surface area contributed by atoms with Crippen LogP contribution in [-0.4, -0.2) is 26.1 Å². The molecule has 0 bridgehead atoms. The molecule has 0 fully saturated rings. The summed E-state index contributed by atoms with van der Waals surface area (Å²) < 4.78 is 5.77. The number of aromatic nitrogens is 1. The highest BCUT2D eigenvalue weighted by atomic mass is 16.5. The molecule has 4 heteroatoms. The fourth-order valence-electron chi connectivity index (χ4n) is 1.72. The van der Waals surface area contributed by atoms with Crippen molar-refractivity contribution in [1.82, 2.24) is 4.98 Å². The standard InChI is InChI=1S/C15H19N3O/c1-16-12-7-8-17-13(9-12)11-19-15-6-4-5-14(10-15)18(2)3/h4-10H,11H2,1-3H3,(H,16,17). The zero-order valence-corrected chi connectivity index (χ0v) is 11.6. The van der Waals surface area contributed by atoms with Crippen LogP contribution in [-0.2, 0) is 6.61 Å². The van der Waals surface area contributed by atoms with Crippen molar-refractivity contribution in [2.75, 3.05) is 31.4 Å². The lowest BCUT2D eigenvalue weighted by Gasteiger charge is -2.14. The zero-order chi connectivity index (χ0) is 13.7. The molecule has 4 nitrogen and oxygen atoms in total. The van der Waals surface area contributed by atoms with Crippen LogP contribution in [0.15, 0.2) is 42.6 Å². The molecule has 19 heavy (non-hydrogen) atoms.